The summed E-state index contributed by atoms with van der Waals surface area (Å²) in [5, 5.41) is 22.5. The van der Waals surface area contributed by atoms with Crippen LogP contribution in [0.4, 0.5) is 10.5 Å². The Kier molecular flexibility index (Phi) is 6.80. The lowest BCUT2D eigenvalue weighted by Crippen LogP contribution is -2.68. The molecule has 0 unspecified atom stereocenters. The molecule has 0 spiro atoms. The standard InChI is InChI=1S/C29H30N4O2/c30-18-21-7-6-8-24(17-21)22-11-13-23(14-12-22)28-26-19-32(15-4-5-16-33(26)27(28)20-34)29(35)31-25-9-2-1-3-10-25/h1-3,6-14,17,26-28,34H,4-5,15-16,19-20H2,(H,31,35)/t26-,27+,28-/m1/s1. The van der Waals surface area contributed by atoms with E-state index in [4.69, 9.17) is 0 Å². The number of amides is 2. The largest absolute Gasteiger partial charge is 0.395 e. The van der Waals surface area contributed by atoms with Crippen LogP contribution in [-0.2, 0) is 0 Å². The number of carbonyl (C=O) groups excluding carboxylic acids is 1. The number of hydrogen-bond acceptors (Lipinski definition) is 4. The molecule has 0 radical (unpaired) electrons. The summed E-state index contributed by atoms with van der Waals surface area (Å²) < 4.78 is 0. The van der Waals surface area contributed by atoms with Crippen LogP contribution < -0.4 is 5.32 Å². The first-order valence-electron chi connectivity index (χ1n) is 12.3. The van der Waals surface area contributed by atoms with E-state index in [-0.39, 0.29) is 30.6 Å². The highest BCUT2D eigenvalue weighted by Crippen LogP contribution is 2.42. The molecule has 2 aliphatic heterocycles. The fourth-order valence-corrected chi connectivity index (χ4v) is 5.51. The molecule has 5 rings (SSSR count). The number of aliphatic hydroxyl groups is 1. The van der Waals surface area contributed by atoms with Crippen molar-refractivity contribution in [2.24, 2.45) is 0 Å². The SMILES string of the molecule is N#Cc1cccc(-c2ccc([C@@H]3[C@H]4CN(C(=O)Nc5ccccc5)CCCCN4[C@H]3CO)cc2)c1. The molecular weight excluding hydrogens is 436 g/mol. The van der Waals surface area contributed by atoms with Gasteiger partial charge in [0.2, 0.25) is 0 Å². The summed E-state index contributed by atoms with van der Waals surface area (Å²) in [6.45, 7) is 2.41. The van der Waals surface area contributed by atoms with Crippen LogP contribution >= 0.6 is 0 Å². The number of aliphatic hydroxyl groups excluding tert-OH is 1. The molecule has 3 aromatic carbocycles. The first kappa shape index (κ1) is 23.1. The Hall–Kier alpha value is -3.66. The van der Waals surface area contributed by atoms with Gasteiger partial charge in [-0.05, 0) is 60.3 Å². The first-order chi connectivity index (χ1) is 17.2. The predicted molar refractivity (Wildman–Crippen MR) is 137 cm³/mol. The Morgan fingerprint density at radius 2 is 1.74 bits per heavy atom. The third-order valence-electron chi connectivity index (χ3n) is 7.30. The van der Waals surface area contributed by atoms with E-state index >= 15 is 0 Å². The molecule has 35 heavy (non-hydrogen) atoms. The first-order valence-corrected chi connectivity index (χ1v) is 12.3. The lowest BCUT2D eigenvalue weighted by molar-refractivity contribution is -0.0585. The van der Waals surface area contributed by atoms with Crippen molar-refractivity contribution in [3.05, 3.63) is 90.0 Å². The average molecular weight is 467 g/mol. The molecule has 2 aliphatic rings. The van der Waals surface area contributed by atoms with Gasteiger partial charge in [0, 0.05) is 36.8 Å². The minimum Gasteiger partial charge on any atom is -0.395 e. The Morgan fingerprint density at radius 1 is 0.971 bits per heavy atom. The second-order valence-electron chi connectivity index (χ2n) is 9.34. The Balaban J connectivity index is 1.35. The highest BCUT2D eigenvalue weighted by Gasteiger charge is 2.49. The summed E-state index contributed by atoms with van der Waals surface area (Å²) in [5.41, 5.74) is 4.69. The zero-order valence-corrected chi connectivity index (χ0v) is 19.7. The van der Waals surface area contributed by atoms with Crippen LogP contribution in [-0.4, -0.2) is 59.3 Å². The summed E-state index contributed by atoms with van der Waals surface area (Å²) in [7, 11) is 0. The van der Waals surface area contributed by atoms with Gasteiger partial charge in [0.15, 0.2) is 0 Å². The van der Waals surface area contributed by atoms with Crippen molar-refractivity contribution in [1.29, 1.82) is 5.26 Å². The van der Waals surface area contributed by atoms with Gasteiger partial charge in [0.05, 0.1) is 18.2 Å². The number of rotatable bonds is 4. The van der Waals surface area contributed by atoms with Crippen molar-refractivity contribution in [2.45, 2.75) is 30.8 Å². The maximum absolute atomic E-state index is 13.1. The molecule has 0 saturated carbocycles. The van der Waals surface area contributed by atoms with Crippen LogP contribution in [0.3, 0.4) is 0 Å². The molecule has 2 heterocycles. The fourth-order valence-electron chi connectivity index (χ4n) is 5.51. The molecule has 6 heteroatoms. The highest BCUT2D eigenvalue weighted by atomic mass is 16.3. The van der Waals surface area contributed by atoms with E-state index in [9.17, 15) is 15.2 Å². The van der Waals surface area contributed by atoms with Gasteiger partial charge in [0.25, 0.3) is 0 Å². The Bertz CT molecular complexity index is 1210. The number of urea groups is 1. The summed E-state index contributed by atoms with van der Waals surface area (Å²) in [6.07, 6.45) is 1.95. The van der Waals surface area contributed by atoms with Gasteiger partial charge < -0.3 is 15.3 Å². The van der Waals surface area contributed by atoms with Gasteiger partial charge in [-0.25, -0.2) is 4.79 Å². The molecule has 0 aliphatic carbocycles. The lowest BCUT2D eigenvalue weighted by atomic mass is 9.74. The fraction of sp³-hybridized carbons (Fsp3) is 0.310. The van der Waals surface area contributed by atoms with E-state index in [0.717, 1.165) is 42.7 Å². The van der Waals surface area contributed by atoms with Gasteiger partial charge in [0.1, 0.15) is 0 Å². The molecule has 2 saturated heterocycles. The molecule has 2 N–H and O–H groups in total. The van der Waals surface area contributed by atoms with Crippen molar-refractivity contribution in [2.75, 3.05) is 31.6 Å². The van der Waals surface area contributed by atoms with E-state index in [2.05, 4.69) is 40.6 Å². The summed E-state index contributed by atoms with van der Waals surface area (Å²) >= 11 is 0. The number of nitrogens with one attached hydrogen (secondary N) is 1. The number of nitriles is 1. The van der Waals surface area contributed by atoms with E-state index in [1.165, 1.54) is 5.56 Å². The van der Waals surface area contributed by atoms with Crippen LogP contribution in [0.15, 0.2) is 78.9 Å². The Labute approximate surface area is 206 Å². The third kappa shape index (κ3) is 4.79. The topological polar surface area (TPSA) is 79.6 Å². The van der Waals surface area contributed by atoms with E-state index < -0.39 is 0 Å². The maximum atomic E-state index is 13.1. The number of anilines is 1. The number of fused-ring (bicyclic) bond motifs is 1. The number of hydrogen-bond donors (Lipinski definition) is 2. The van der Waals surface area contributed by atoms with Crippen LogP contribution in [0.1, 0.15) is 29.9 Å². The minimum absolute atomic E-state index is 0.0601. The second-order valence-corrected chi connectivity index (χ2v) is 9.34. The molecule has 0 bridgehead atoms. The van der Waals surface area contributed by atoms with Crippen molar-refractivity contribution >= 4 is 11.7 Å². The zero-order valence-electron chi connectivity index (χ0n) is 19.7. The molecule has 2 fully saturated rings. The molecule has 2 amide bonds. The van der Waals surface area contributed by atoms with E-state index in [0.29, 0.717) is 12.1 Å². The second kappa shape index (κ2) is 10.3. The monoisotopic (exact) mass is 466 g/mol. The smallest absolute Gasteiger partial charge is 0.321 e. The molecule has 178 valence electrons. The van der Waals surface area contributed by atoms with Gasteiger partial charge in [-0.2, -0.15) is 5.26 Å². The van der Waals surface area contributed by atoms with Crippen LogP contribution in [0.5, 0.6) is 0 Å². The van der Waals surface area contributed by atoms with Gasteiger partial charge >= 0.3 is 6.03 Å². The molecule has 6 nitrogen and oxygen atoms in total. The van der Waals surface area contributed by atoms with E-state index in [1.807, 2.05) is 53.4 Å². The highest BCUT2D eigenvalue weighted by molar-refractivity contribution is 5.89. The molecular formula is C29H30N4O2. The minimum atomic E-state index is -0.0722. The van der Waals surface area contributed by atoms with Crippen molar-refractivity contribution in [3.63, 3.8) is 0 Å². The predicted octanol–water partition coefficient (Wildman–Crippen LogP) is 4.68. The quantitative estimate of drug-likeness (QED) is 0.585. The summed E-state index contributed by atoms with van der Waals surface area (Å²) in [4.78, 5) is 17.4. The normalized spacial score (nSPS) is 22.2. The maximum Gasteiger partial charge on any atom is 0.321 e. The molecule has 3 aromatic rings. The van der Waals surface area contributed by atoms with Gasteiger partial charge in [-0.3, -0.25) is 4.90 Å². The number of benzene rings is 3. The zero-order chi connectivity index (χ0) is 24.2. The lowest BCUT2D eigenvalue weighted by Gasteiger charge is -2.57. The number of nitrogens with zero attached hydrogens (tertiary/aromatic N) is 3. The number of para-hydroxylation sites is 1. The van der Waals surface area contributed by atoms with Gasteiger partial charge in [-0.15, -0.1) is 0 Å². The van der Waals surface area contributed by atoms with Crippen molar-refractivity contribution in [1.82, 2.24) is 9.80 Å². The van der Waals surface area contributed by atoms with E-state index in [1.54, 1.807) is 6.07 Å². The third-order valence-corrected chi connectivity index (χ3v) is 7.30. The summed E-state index contributed by atoms with van der Waals surface area (Å²) in [6, 6.07) is 28.0. The van der Waals surface area contributed by atoms with Crippen LogP contribution in [0, 0.1) is 11.3 Å². The summed E-state index contributed by atoms with van der Waals surface area (Å²) in [5.74, 6) is 0.157. The van der Waals surface area contributed by atoms with Crippen LogP contribution in [0.25, 0.3) is 11.1 Å². The van der Waals surface area contributed by atoms with Crippen LogP contribution in [0.2, 0.25) is 0 Å². The average Bonchev–Trinajstić information content (AvgIpc) is 2.88. The number of carbonyl (C=O) groups is 1. The van der Waals surface area contributed by atoms with Crippen molar-refractivity contribution < 1.29 is 9.90 Å². The molecule has 3 atom stereocenters. The molecule has 0 aromatic heterocycles. The Morgan fingerprint density at radius 3 is 2.49 bits per heavy atom. The van der Waals surface area contributed by atoms with Gasteiger partial charge in [-0.1, -0.05) is 54.6 Å². The van der Waals surface area contributed by atoms with Crippen molar-refractivity contribution in [3.8, 4) is 17.2 Å².